The summed E-state index contributed by atoms with van der Waals surface area (Å²) < 4.78 is 15.4. The van der Waals surface area contributed by atoms with Gasteiger partial charge in [0.1, 0.15) is 11.5 Å². The first-order valence-electron chi connectivity index (χ1n) is 7.88. The predicted octanol–water partition coefficient (Wildman–Crippen LogP) is 2.14. The van der Waals surface area contributed by atoms with Gasteiger partial charge >= 0.3 is 0 Å². The molecule has 23 heavy (non-hydrogen) atoms. The molecule has 1 amide bonds. The van der Waals surface area contributed by atoms with Gasteiger partial charge in [0.05, 0.1) is 17.5 Å². The van der Waals surface area contributed by atoms with E-state index < -0.39 is 0 Å². The first-order chi connectivity index (χ1) is 11.1. The number of carbonyl (C=O) groups excluding carboxylic acids is 1. The average molecular weight is 316 g/mol. The molecule has 2 heterocycles. The number of benzene rings is 1. The Bertz CT molecular complexity index is 712. The van der Waals surface area contributed by atoms with E-state index in [0.29, 0.717) is 29.5 Å². The number of hydrogen-bond acceptors (Lipinski definition) is 3. The van der Waals surface area contributed by atoms with Gasteiger partial charge in [-0.1, -0.05) is 12.1 Å². The van der Waals surface area contributed by atoms with Crippen molar-refractivity contribution in [2.45, 2.75) is 25.8 Å². The summed E-state index contributed by atoms with van der Waals surface area (Å²) in [4.78, 5) is 14.6. The molecule has 0 saturated carbocycles. The second-order valence-electron chi connectivity index (χ2n) is 5.89. The summed E-state index contributed by atoms with van der Waals surface area (Å²) in [7, 11) is 1.92. The lowest BCUT2D eigenvalue weighted by Crippen LogP contribution is -2.47. The molecule has 6 heteroatoms. The van der Waals surface area contributed by atoms with E-state index in [1.54, 1.807) is 25.1 Å². The summed E-state index contributed by atoms with van der Waals surface area (Å²) >= 11 is 0. The summed E-state index contributed by atoms with van der Waals surface area (Å²) in [6.07, 6.45) is 3.60. The van der Waals surface area contributed by atoms with Crippen molar-refractivity contribution in [1.82, 2.24) is 20.0 Å². The van der Waals surface area contributed by atoms with Crippen LogP contribution >= 0.6 is 0 Å². The third kappa shape index (κ3) is 2.99. The van der Waals surface area contributed by atoms with Crippen molar-refractivity contribution in [3.63, 3.8) is 0 Å². The minimum absolute atomic E-state index is 0.0370. The number of rotatable bonds is 3. The van der Waals surface area contributed by atoms with Crippen LogP contribution in [-0.4, -0.2) is 46.8 Å². The van der Waals surface area contributed by atoms with Crippen LogP contribution in [0.25, 0.3) is 5.69 Å². The Hall–Kier alpha value is -2.21. The fourth-order valence-electron chi connectivity index (χ4n) is 3.05. The van der Waals surface area contributed by atoms with Crippen LogP contribution < -0.4 is 5.32 Å². The number of likely N-dealkylation sites (tertiary alicyclic amines) is 1. The SMILES string of the molecule is CNC1CCCN(C(=O)c2cnn(-c3ccccc3F)c2C)C1. The van der Waals surface area contributed by atoms with Crippen LogP contribution in [-0.2, 0) is 0 Å². The summed E-state index contributed by atoms with van der Waals surface area (Å²) in [6, 6.07) is 6.76. The van der Waals surface area contributed by atoms with Gasteiger partial charge in [0.2, 0.25) is 0 Å². The minimum atomic E-state index is -0.356. The van der Waals surface area contributed by atoms with Gasteiger partial charge in [0.25, 0.3) is 5.91 Å². The van der Waals surface area contributed by atoms with Crippen LogP contribution in [0.5, 0.6) is 0 Å². The molecule has 0 aliphatic carbocycles. The van der Waals surface area contributed by atoms with Crippen molar-refractivity contribution >= 4 is 5.91 Å². The number of aromatic nitrogens is 2. The number of amides is 1. The van der Waals surface area contributed by atoms with E-state index >= 15 is 0 Å². The fourth-order valence-corrected chi connectivity index (χ4v) is 3.05. The molecule has 3 rings (SSSR count). The van der Waals surface area contributed by atoms with Gasteiger partial charge < -0.3 is 10.2 Å². The van der Waals surface area contributed by atoms with Crippen molar-refractivity contribution in [2.24, 2.45) is 0 Å². The number of nitrogens with zero attached hydrogens (tertiary/aromatic N) is 3. The van der Waals surface area contributed by atoms with Crippen molar-refractivity contribution in [3.8, 4) is 5.69 Å². The van der Waals surface area contributed by atoms with Gasteiger partial charge in [0.15, 0.2) is 0 Å². The highest BCUT2D eigenvalue weighted by Crippen LogP contribution is 2.20. The second kappa shape index (κ2) is 6.50. The lowest BCUT2D eigenvalue weighted by Gasteiger charge is -2.32. The Morgan fingerprint density at radius 3 is 2.91 bits per heavy atom. The Labute approximate surface area is 135 Å². The lowest BCUT2D eigenvalue weighted by atomic mass is 10.0. The first-order valence-corrected chi connectivity index (χ1v) is 7.88. The average Bonchev–Trinajstić information content (AvgIpc) is 2.96. The number of likely N-dealkylation sites (N-methyl/N-ethyl adjacent to an activating group) is 1. The van der Waals surface area contributed by atoms with Gasteiger partial charge in [-0.3, -0.25) is 4.79 Å². The summed E-state index contributed by atoms with van der Waals surface area (Å²) in [5.41, 5.74) is 1.55. The maximum absolute atomic E-state index is 14.0. The normalized spacial score (nSPS) is 18.2. The van der Waals surface area contributed by atoms with E-state index in [1.807, 2.05) is 11.9 Å². The number of piperidine rings is 1. The van der Waals surface area contributed by atoms with Crippen LogP contribution in [0, 0.1) is 12.7 Å². The Morgan fingerprint density at radius 1 is 1.39 bits per heavy atom. The molecule has 1 unspecified atom stereocenters. The molecular weight excluding hydrogens is 295 g/mol. The van der Waals surface area contributed by atoms with Crippen molar-refractivity contribution in [2.75, 3.05) is 20.1 Å². The van der Waals surface area contributed by atoms with Crippen LogP contribution in [0.1, 0.15) is 28.9 Å². The molecule has 0 bridgehead atoms. The predicted molar refractivity (Wildman–Crippen MR) is 86.2 cm³/mol. The molecule has 0 radical (unpaired) electrons. The van der Waals surface area contributed by atoms with Crippen molar-refractivity contribution in [3.05, 3.63) is 47.5 Å². The molecule has 1 aromatic carbocycles. The Kier molecular flexibility index (Phi) is 4.43. The van der Waals surface area contributed by atoms with Gasteiger partial charge in [-0.25, -0.2) is 9.07 Å². The van der Waals surface area contributed by atoms with E-state index in [2.05, 4.69) is 10.4 Å². The summed E-state index contributed by atoms with van der Waals surface area (Å²) in [6.45, 7) is 3.24. The van der Waals surface area contributed by atoms with E-state index in [9.17, 15) is 9.18 Å². The maximum atomic E-state index is 14.0. The Balaban J connectivity index is 1.87. The van der Waals surface area contributed by atoms with Crippen LogP contribution in [0.2, 0.25) is 0 Å². The standard InChI is InChI=1S/C17H21FN4O/c1-12-14(17(23)21-9-5-6-13(11-21)19-2)10-20-22(12)16-8-4-3-7-15(16)18/h3-4,7-8,10,13,19H,5-6,9,11H2,1-2H3. The molecule has 1 N–H and O–H groups in total. The molecular formula is C17H21FN4O. The zero-order valence-electron chi connectivity index (χ0n) is 13.4. The smallest absolute Gasteiger partial charge is 0.257 e. The van der Waals surface area contributed by atoms with E-state index in [-0.39, 0.29) is 11.7 Å². The first kappa shape index (κ1) is 15.7. The van der Waals surface area contributed by atoms with Gasteiger partial charge in [-0.15, -0.1) is 0 Å². The largest absolute Gasteiger partial charge is 0.337 e. The topological polar surface area (TPSA) is 50.2 Å². The maximum Gasteiger partial charge on any atom is 0.257 e. The minimum Gasteiger partial charge on any atom is -0.337 e. The number of hydrogen-bond donors (Lipinski definition) is 1. The fraction of sp³-hybridized carbons (Fsp3) is 0.412. The third-order valence-corrected chi connectivity index (χ3v) is 4.44. The Morgan fingerprint density at radius 2 is 2.17 bits per heavy atom. The summed E-state index contributed by atoms with van der Waals surface area (Å²) in [5.74, 6) is -0.393. The lowest BCUT2D eigenvalue weighted by molar-refractivity contribution is 0.0697. The molecule has 1 atom stereocenters. The highest BCUT2D eigenvalue weighted by Gasteiger charge is 2.26. The number of carbonyl (C=O) groups is 1. The molecule has 1 saturated heterocycles. The molecule has 1 fully saturated rings. The third-order valence-electron chi connectivity index (χ3n) is 4.44. The van der Waals surface area contributed by atoms with E-state index in [4.69, 9.17) is 0 Å². The second-order valence-corrected chi connectivity index (χ2v) is 5.89. The summed E-state index contributed by atoms with van der Waals surface area (Å²) in [5, 5.41) is 7.44. The molecule has 122 valence electrons. The molecule has 1 aromatic heterocycles. The number of para-hydroxylation sites is 1. The van der Waals surface area contributed by atoms with Crippen LogP contribution in [0.4, 0.5) is 4.39 Å². The van der Waals surface area contributed by atoms with Crippen molar-refractivity contribution < 1.29 is 9.18 Å². The van der Waals surface area contributed by atoms with E-state index in [1.165, 1.54) is 16.9 Å². The van der Waals surface area contributed by atoms with Gasteiger partial charge in [-0.05, 0) is 38.9 Å². The zero-order chi connectivity index (χ0) is 16.4. The van der Waals surface area contributed by atoms with Gasteiger partial charge in [-0.2, -0.15) is 5.10 Å². The van der Waals surface area contributed by atoms with Crippen LogP contribution in [0.3, 0.4) is 0 Å². The molecule has 1 aliphatic rings. The number of nitrogens with one attached hydrogen (secondary N) is 1. The van der Waals surface area contributed by atoms with Crippen LogP contribution in [0.15, 0.2) is 30.5 Å². The van der Waals surface area contributed by atoms with Crippen molar-refractivity contribution in [1.29, 1.82) is 0 Å². The number of halogens is 1. The quantitative estimate of drug-likeness (QED) is 0.944. The molecule has 1 aliphatic heterocycles. The highest BCUT2D eigenvalue weighted by atomic mass is 19.1. The zero-order valence-corrected chi connectivity index (χ0v) is 13.4. The molecule has 0 spiro atoms. The molecule has 5 nitrogen and oxygen atoms in total. The van der Waals surface area contributed by atoms with Gasteiger partial charge in [0, 0.05) is 19.1 Å². The molecule has 2 aromatic rings. The monoisotopic (exact) mass is 316 g/mol. The highest BCUT2D eigenvalue weighted by molar-refractivity contribution is 5.95. The van der Waals surface area contributed by atoms with E-state index in [0.717, 1.165) is 19.4 Å².